The molecule has 3 rings (SSSR count). The molecule has 0 saturated carbocycles. The van der Waals surface area contributed by atoms with E-state index in [1.165, 1.54) is 0 Å². The predicted octanol–water partition coefficient (Wildman–Crippen LogP) is 4.02. The number of aromatic nitrogens is 1. The molecular weight excluding hydrogens is 304 g/mol. The molecule has 2 aromatic carbocycles. The zero-order valence-electron chi connectivity index (χ0n) is 13.6. The van der Waals surface area contributed by atoms with Crippen LogP contribution in [0.15, 0.2) is 65.1 Å². The number of hydrogen-bond acceptors (Lipinski definition) is 5. The lowest BCUT2D eigenvalue weighted by molar-refractivity contribution is -0.347. The van der Waals surface area contributed by atoms with E-state index < -0.39 is 0 Å². The second kappa shape index (κ2) is 7.88. The van der Waals surface area contributed by atoms with Gasteiger partial charge in [0.05, 0.1) is 18.8 Å². The number of hydroxylamine groups is 2. The molecule has 1 N–H and O–H groups in total. The summed E-state index contributed by atoms with van der Waals surface area (Å²) in [4.78, 5) is 9.84. The van der Waals surface area contributed by atoms with E-state index in [1.807, 2.05) is 67.6 Å². The number of rotatable bonds is 7. The topological polar surface area (TPSA) is 58.7 Å². The van der Waals surface area contributed by atoms with Crippen molar-refractivity contribution < 1.29 is 14.5 Å². The third kappa shape index (κ3) is 4.29. The first kappa shape index (κ1) is 16.4. The van der Waals surface area contributed by atoms with Gasteiger partial charge in [-0.15, -0.1) is 0 Å². The van der Waals surface area contributed by atoms with Gasteiger partial charge in [0.25, 0.3) is 0 Å². The van der Waals surface area contributed by atoms with Gasteiger partial charge >= 0.3 is 0 Å². The Morgan fingerprint density at radius 3 is 2.42 bits per heavy atom. The molecule has 0 fully saturated rings. The van der Waals surface area contributed by atoms with Crippen molar-refractivity contribution in [2.45, 2.75) is 19.9 Å². The van der Waals surface area contributed by atoms with Crippen LogP contribution in [0.4, 0.5) is 0 Å². The Morgan fingerprint density at radius 2 is 1.71 bits per heavy atom. The van der Waals surface area contributed by atoms with Crippen LogP contribution in [0.25, 0.3) is 11.5 Å². The van der Waals surface area contributed by atoms with Gasteiger partial charge in [0.15, 0.2) is 0 Å². The van der Waals surface area contributed by atoms with Gasteiger partial charge in [0.2, 0.25) is 5.89 Å². The summed E-state index contributed by atoms with van der Waals surface area (Å²) >= 11 is 0. The Kier molecular flexibility index (Phi) is 5.38. The molecule has 0 aliphatic rings. The molecule has 1 aromatic heterocycles. The molecule has 0 unspecified atom stereocenters. The summed E-state index contributed by atoms with van der Waals surface area (Å²) in [6.45, 7) is 2.52. The fourth-order valence-electron chi connectivity index (χ4n) is 2.40. The smallest absolute Gasteiger partial charge is 0.226 e. The van der Waals surface area contributed by atoms with E-state index in [1.54, 1.807) is 0 Å². The molecule has 0 atom stereocenters. The largest absolute Gasteiger partial charge is 0.441 e. The molecule has 0 bridgehead atoms. The number of nitrogens with zero attached hydrogens (tertiary/aromatic N) is 2. The number of benzene rings is 2. The van der Waals surface area contributed by atoms with Crippen molar-refractivity contribution in [1.82, 2.24) is 10.2 Å². The van der Waals surface area contributed by atoms with Crippen LogP contribution in [-0.2, 0) is 17.8 Å². The third-order valence-corrected chi connectivity index (χ3v) is 3.65. The van der Waals surface area contributed by atoms with E-state index in [-0.39, 0.29) is 0 Å². The summed E-state index contributed by atoms with van der Waals surface area (Å²) in [5.74, 6) is 1.37. The fourth-order valence-corrected chi connectivity index (χ4v) is 2.40. The van der Waals surface area contributed by atoms with Crippen molar-refractivity contribution in [3.8, 4) is 11.5 Å². The van der Waals surface area contributed by atoms with E-state index in [4.69, 9.17) is 9.25 Å². The van der Waals surface area contributed by atoms with E-state index in [2.05, 4.69) is 4.98 Å². The van der Waals surface area contributed by atoms with Gasteiger partial charge in [-0.1, -0.05) is 53.8 Å². The van der Waals surface area contributed by atoms with Gasteiger partial charge in [-0.05, 0) is 24.6 Å². The van der Waals surface area contributed by atoms with Crippen molar-refractivity contribution in [3.05, 3.63) is 77.7 Å². The van der Waals surface area contributed by atoms with Crippen molar-refractivity contribution in [2.75, 3.05) is 6.61 Å². The SMILES string of the molecule is Cc1oc(-c2ccccc2)nc1CCON(O)Cc1ccccc1. The summed E-state index contributed by atoms with van der Waals surface area (Å²) in [6.07, 6.45) is 0.564. The lowest BCUT2D eigenvalue weighted by Crippen LogP contribution is -2.20. The van der Waals surface area contributed by atoms with Crippen molar-refractivity contribution in [2.24, 2.45) is 0 Å². The average molecular weight is 324 g/mol. The third-order valence-electron chi connectivity index (χ3n) is 3.65. The lowest BCUT2D eigenvalue weighted by atomic mass is 10.2. The molecule has 24 heavy (non-hydrogen) atoms. The molecule has 124 valence electrons. The quantitative estimate of drug-likeness (QED) is 0.665. The molecule has 5 nitrogen and oxygen atoms in total. The van der Waals surface area contributed by atoms with E-state index >= 15 is 0 Å². The second-order valence-corrected chi connectivity index (χ2v) is 5.47. The van der Waals surface area contributed by atoms with E-state index in [0.717, 1.165) is 27.8 Å². The van der Waals surface area contributed by atoms with Crippen LogP contribution < -0.4 is 0 Å². The molecule has 0 amide bonds. The van der Waals surface area contributed by atoms with Gasteiger partial charge in [-0.3, -0.25) is 10.0 Å². The first-order valence-corrected chi connectivity index (χ1v) is 7.87. The molecule has 0 aliphatic heterocycles. The summed E-state index contributed by atoms with van der Waals surface area (Å²) in [6, 6.07) is 19.4. The van der Waals surface area contributed by atoms with Crippen LogP contribution >= 0.6 is 0 Å². The second-order valence-electron chi connectivity index (χ2n) is 5.47. The minimum Gasteiger partial charge on any atom is -0.441 e. The monoisotopic (exact) mass is 324 g/mol. The highest BCUT2D eigenvalue weighted by Gasteiger charge is 2.12. The zero-order valence-corrected chi connectivity index (χ0v) is 13.6. The van der Waals surface area contributed by atoms with Gasteiger partial charge in [0, 0.05) is 12.0 Å². The van der Waals surface area contributed by atoms with Gasteiger partial charge in [-0.25, -0.2) is 4.98 Å². The maximum absolute atomic E-state index is 9.80. The van der Waals surface area contributed by atoms with Crippen LogP contribution in [0.5, 0.6) is 0 Å². The summed E-state index contributed by atoms with van der Waals surface area (Å²) in [7, 11) is 0. The molecule has 1 heterocycles. The number of aryl methyl sites for hydroxylation is 1. The van der Waals surface area contributed by atoms with Crippen LogP contribution in [0.2, 0.25) is 0 Å². The zero-order chi connectivity index (χ0) is 16.8. The van der Waals surface area contributed by atoms with Crippen LogP contribution in [0.3, 0.4) is 0 Å². The first-order valence-electron chi connectivity index (χ1n) is 7.87. The molecule has 0 spiro atoms. The summed E-state index contributed by atoms with van der Waals surface area (Å²) < 4.78 is 5.71. The Hall–Kier alpha value is -2.47. The highest BCUT2D eigenvalue weighted by atomic mass is 16.9. The normalized spacial score (nSPS) is 11.1. The van der Waals surface area contributed by atoms with Crippen LogP contribution in [0.1, 0.15) is 17.0 Å². The van der Waals surface area contributed by atoms with E-state index in [9.17, 15) is 5.21 Å². The average Bonchev–Trinajstić information content (AvgIpc) is 2.98. The van der Waals surface area contributed by atoms with Crippen molar-refractivity contribution in [3.63, 3.8) is 0 Å². The van der Waals surface area contributed by atoms with Crippen LogP contribution in [-0.4, -0.2) is 22.0 Å². The van der Waals surface area contributed by atoms with Crippen molar-refractivity contribution >= 4 is 0 Å². The number of oxazole rings is 1. The minimum atomic E-state index is 0.313. The van der Waals surface area contributed by atoms with Crippen LogP contribution in [0, 0.1) is 6.92 Å². The summed E-state index contributed by atoms with van der Waals surface area (Å²) in [5.41, 5.74) is 2.76. The van der Waals surface area contributed by atoms with Gasteiger partial charge < -0.3 is 4.42 Å². The summed E-state index contributed by atoms with van der Waals surface area (Å²) in [5, 5.41) is 10.7. The lowest BCUT2D eigenvalue weighted by Gasteiger charge is -2.14. The maximum Gasteiger partial charge on any atom is 0.226 e. The van der Waals surface area contributed by atoms with E-state index in [0.29, 0.717) is 25.5 Å². The Morgan fingerprint density at radius 1 is 1.04 bits per heavy atom. The molecule has 0 aliphatic carbocycles. The number of hydrogen-bond donors (Lipinski definition) is 1. The highest BCUT2D eigenvalue weighted by Crippen LogP contribution is 2.21. The fraction of sp³-hybridized carbons (Fsp3) is 0.211. The molecular formula is C19H20N2O3. The molecule has 5 heteroatoms. The van der Waals surface area contributed by atoms with Gasteiger partial charge in [-0.2, -0.15) is 0 Å². The Balaban J connectivity index is 1.53. The minimum absolute atomic E-state index is 0.313. The Bertz CT molecular complexity index is 757. The molecule has 0 radical (unpaired) electrons. The maximum atomic E-state index is 9.80. The first-order chi connectivity index (χ1) is 11.7. The van der Waals surface area contributed by atoms with Gasteiger partial charge in [0.1, 0.15) is 5.76 Å². The standard InChI is InChI=1S/C19H20N2O3/c1-15-18(20-19(24-15)17-10-6-3-7-11-17)12-13-23-21(22)14-16-8-4-2-5-9-16/h2-11,22H,12-14H2,1H3. The molecule has 3 aromatic rings. The predicted molar refractivity (Wildman–Crippen MR) is 90.1 cm³/mol. The molecule has 0 saturated heterocycles. The Labute approximate surface area is 141 Å². The van der Waals surface area contributed by atoms with Crippen molar-refractivity contribution in [1.29, 1.82) is 0 Å². The highest BCUT2D eigenvalue weighted by molar-refractivity contribution is 5.53.